The molecule has 142 valence electrons. The SMILES string of the molecule is CCNC(=O)[C@H](C)Sc1nc2ccccc2c(=O)n1CCN(CC)CC. The van der Waals surface area contributed by atoms with Gasteiger partial charge >= 0.3 is 0 Å². The number of likely N-dealkylation sites (N-methyl/N-ethyl adjacent to an activating group) is 1. The molecule has 0 bridgehead atoms. The van der Waals surface area contributed by atoms with Gasteiger partial charge in [-0.15, -0.1) is 0 Å². The van der Waals surface area contributed by atoms with E-state index in [4.69, 9.17) is 0 Å². The van der Waals surface area contributed by atoms with E-state index in [9.17, 15) is 9.59 Å². The van der Waals surface area contributed by atoms with Crippen LogP contribution >= 0.6 is 11.8 Å². The molecule has 0 saturated heterocycles. The second-order valence-electron chi connectivity index (χ2n) is 6.05. The molecule has 1 amide bonds. The Kier molecular flexibility index (Phi) is 7.66. The van der Waals surface area contributed by atoms with Gasteiger partial charge < -0.3 is 10.2 Å². The number of nitrogens with one attached hydrogen (secondary N) is 1. The topological polar surface area (TPSA) is 67.2 Å². The van der Waals surface area contributed by atoms with Crippen molar-refractivity contribution in [3.8, 4) is 0 Å². The fraction of sp³-hybridized carbons (Fsp3) is 0.526. The van der Waals surface area contributed by atoms with Crippen LogP contribution in [-0.2, 0) is 11.3 Å². The highest BCUT2D eigenvalue weighted by atomic mass is 32.2. The lowest BCUT2D eigenvalue weighted by Crippen LogP contribution is -2.34. The van der Waals surface area contributed by atoms with Crippen molar-refractivity contribution in [1.82, 2.24) is 19.8 Å². The normalized spacial score (nSPS) is 12.5. The first kappa shape index (κ1) is 20.5. The Balaban J connectivity index is 2.40. The molecular weight excluding hydrogens is 348 g/mol. The first-order valence-corrected chi connectivity index (χ1v) is 10.1. The highest BCUT2D eigenvalue weighted by Crippen LogP contribution is 2.22. The third-order valence-corrected chi connectivity index (χ3v) is 5.45. The lowest BCUT2D eigenvalue weighted by Gasteiger charge is -2.21. The van der Waals surface area contributed by atoms with E-state index in [-0.39, 0.29) is 16.7 Å². The minimum atomic E-state index is -0.317. The molecule has 0 spiro atoms. The molecule has 0 unspecified atom stereocenters. The van der Waals surface area contributed by atoms with Gasteiger partial charge in [0.25, 0.3) is 5.56 Å². The molecular formula is C19H28N4O2S. The summed E-state index contributed by atoms with van der Waals surface area (Å²) in [7, 11) is 0. The summed E-state index contributed by atoms with van der Waals surface area (Å²) in [6.45, 7) is 11.7. The van der Waals surface area contributed by atoms with Gasteiger partial charge in [0.05, 0.1) is 16.2 Å². The van der Waals surface area contributed by atoms with Gasteiger partial charge in [-0.2, -0.15) is 0 Å². The fourth-order valence-electron chi connectivity index (χ4n) is 2.75. The third kappa shape index (κ3) is 4.86. The van der Waals surface area contributed by atoms with Gasteiger partial charge in [-0.25, -0.2) is 4.98 Å². The quantitative estimate of drug-likeness (QED) is 0.537. The lowest BCUT2D eigenvalue weighted by atomic mass is 10.2. The number of rotatable bonds is 9. The smallest absolute Gasteiger partial charge is 0.262 e. The van der Waals surface area contributed by atoms with Crippen molar-refractivity contribution < 1.29 is 4.79 Å². The summed E-state index contributed by atoms with van der Waals surface area (Å²) in [6.07, 6.45) is 0. The molecule has 1 N–H and O–H groups in total. The second-order valence-corrected chi connectivity index (χ2v) is 7.36. The second kappa shape index (κ2) is 9.73. The van der Waals surface area contributed by atoms with E-state index in [1.807, 2.05) is 32.0 Å². The summed E-state index contributed by atoms with van der Waals surface area (Å²) < 4.78 is 1.71. The predicted octanol–water partition coefficient (Wildman–Crippen LogP) is 2.36. The summed E-state index contributed by atoms with van der Waals surface area (Å²) in [5.41, 5.74) is 0.621. The molecule has 0 radical (unpaired) electrons. The van der Waals surface area contributed by atoms with Crippen LogP contribution in [0, 0.1) is 0 Å². The Morgan fingerprint density at radius 2 is 1.96 bits per heavy atom. The van der Waals surface area contributed by atoms with E-state index >= 15 is 0 Å². The van der Waals surface area contributed by atoms with E-state index in [1.54, 1.807) is 10.6 Å². The maximum atomic E-state index is 13.0. The average molecular weight is 377 g/mol. The molecule has 1 heterocycles. The Hall–Kier alpha value is -1.86. The van der Waals surface area contributed by atoms with Crippen LogP contribution in [0.3, 0.4) is 0 Å². The van der Waals surface area contributed by atoms with Gasteiger partial charge in [-0.3, -0.25) is 14.2 Å². The van der Waals surface area contributed by atoms with Gasteiger partial charge in [-0.1, -0.05) is 37.7 Å². The number of amides is 1. The molecule has 2 rings (SSSR count). The maximum absolute atomic E-state index is 13.0. The Labute approximate surface area is 159 Å². The van der Waals surface area contributed by atoms with Crippen LogP contribution in [0.4, 0.5) is 0 Å². The maximum Gasteiger partial charge on any atom is 0.262 e. The van der Waals surface area contributed by atoms with E-state index in [0.717, 1.165) is 19.6 Å². The van der Waals surface area contributed by atoms with Crippen molar-refractivity contribution >= 4 is 28.6 Å². The minimum absolute atomic E-state index is 0.0461. The van der Waals surface area contributed by atoms with Crippen molar-refractivity contribution in [2.75, 3.05) is 26.2 Å². The molecule has 7 heteroatoms. The summed E-state index contributed by atoms with van der Waals surface area (Å²) in [5, 5.41) is 3.72. The monoisotopic (exact) mass is 376 g/mol. The first-order valence-electron chi connectivity index (χ1n) is 9.18. The molecule has 1 atom stereocenters. The molecule has 26 heavy (non-hydrogen) atoms. The summed E-state index contributed by atoms with van der Waals surface area (Å²) in [5.74, 6) is -0.0461. The molecule has 0 fully saturated rings. The number of thioether (sulfide) groups is 1. The van der Waals surface area contributed by atoms with Gasteiger partial charge in [0.15, 0.2) is 5.16 Å². The summed E-state index contributed by atoms with van der Waals surface area (Å²) >= 11 is 1.34. The molecule has 1 aromatic carbocycles. The highest BCUT2D eigenvalue weighted by Gasteiger charge is 2.19. The number of para-hydroxylation sites is 1. The van der Waals surface area contributed by atoms with Crippen LogP contribution in [0.5, 0.6) is 0 Å². The number of hydrogen-bond donors (Lipinski definition) is 1. The van der Waals surface area contributed by atoms with Gasteiger partial charge in [0, 0.05) is 19.6 Å². The molecule has 6 nitrogen and oxygen atoms in total. The molecule has 0 saturated carbocycles. The number of carbonyl (C=O) groups excluding carboxylic acids is 1. The zero-order chi connectivity index (χ0) is 19.1. The molecule has 2 aromatic rings. The summed E-state index contributed by atoms with van der Waals surface area (Å²) in [6, 6.07) is 7.37. The van der Waals surface area contributed by atoms with Crippen LogP contribution in [0.15, 0.2) is 34.2 Å². The summed E-state index contributed by atoms with van der Waals surface area (Å²) in [4.78, 5) is 32.1. The van der Waals surface area contributed by atoms with E-state index in [0.29, 0.717) is 29.1 Å². The van der Waals surface area contributed by atoms with Crippen LogP contribution in [-0.4, -0.2) is 51.8 Å². The number of nitrogens with zero attached hydrogens (tertiary/aromatic N) is 3. The minimum Gasteiger partial charge on any atom is -0.355 e. The van der Waals surface area contributed by atoms with E-state index < -0.39 is 0 Å². The number of carbonyl (C=O) groups is 1. The van der Waals surface area contributed by atoms with Crippen molar-refractivity contribution in [2.24, 2.45) is 0 Å². The van der Waals surface area contributed by atoms with Gasteiger partial charge in [0.2, 0.25) is 5.91 Å². The Morgan fingerprint density at radius 3 is 2.62 bits per heavy atom. The van der Waals surface area contributed by atoms with Crippen LogP contribution in [0.25, 0.3) is 10.9 Å². The number of hydrogen-bond acceptors (Lipinski definition) is 5. The molecule has 0 aliphatic heterocycles. The lowest BCUT2D eigenvalue weighted by molar-refractivity contribution is -0.120. The zero-order valence-corrected chi connectivity index (χ0v) is 16.8. The molecule has 0 aliphatic rings. The Bertz CT molecular complexity index is 802. The van der Waals surface area contributed by atoms with Crippen molar-refractivity contribution in [3.63, 3.8) is 0 Å². The average Bonchev–Trinajstić information content (AvgIpc) is 2.64. The van der Waals surface area contributed by atoms with Crippen molar-refractivity contribution in [3.05, 3.63) is 34.6 Å². The van der Waals surface area contributed by atoms with Crippen molar-refractivity contribution in [1.29, 1.82) is 0 Å². The Morgan fingerprint density at radius 1 is 1.27 bits per heavy atom. The fourth-order valence-corrected chi connectivity index (χ4v) is 3.70. The van der Waals surface area contributed by atoms with Crippen LogP contribution in [0.2, 0.25) is 0 Å². The highest BCUT2D eigenvalue weighted by molar-refractivity contribution is 8.00. The van der Waals surface area contributed by atoms with Crippen LogP contribution in [0.1, 0.15) is 27.7 Å². The zero-order valence-electron chi connectivity index (χ0n) is 16.0. The van der Waals surface area contributed by atoms with Crippen molar-refractivity contribution in [2.45, 2.75) is 44.6 Å². The first-order chi connectivity index (χ1) is 12.5. The molecule has 1 aromatic heterocycles. The number of fused-ring (bicyclic) bond motifs is 1. The van der Waals surface area contributed by atoms with Crippen LogP contribution < -0.4 is 10.9 Å². The number of aromatic nitrogens is 2. The standard InChI is InChI=1S/C19H28N4O2S/c1-5-20-17(24)14(4)26-19-21-16-11-9-8-10-15(16)18(25)23(19)13-12-22(6-2)7-3/h8-11,14H,5-7,12-13H2,1-4H3,(H,20,24)/t14-/m0/s1. The molecule has 0 aliphatic carbocycles. The van der Waals surface area contributed by atoms with E-state index in [1.165, 1.54) is 11.8 Å². The third-order valence-electron chi connectivity index (χ3n) is 4.36. The van der Waals surface area contributed by atoms with E-state index in [2.05, 4.69) is 29.0 Å². The van der Waals surface area contributed by atoms with Gasteiger partial charge in [0.1, 0.15) is 0 Å². The largest absolute Gasteiger partial charge is 0.355 e. The predicted molar refractivity (Wildman–Crippen MR) is 108 cm³/mol. The van der Waals surface area contributed by atoms with Gasteiger partial charge in [-0.05, 0) is 39.1 Å². The number of benzene rings is 1.